The zero-order valence-electron chi connectivity index (χ0n) is 38.7. The third-order valence-electron chi connectivity index (χ3n) is 13.1. The summed E-state index contributed by atoms with van der Waals surface area (Å²) in [5, 5.41) is 5.24. The maximum Gasteiger partial charge on any atom is 0.427 e. The third kappa shape index (κ3) is 11.0. The summed E-state index contributed by atoms with van der Waals surface area (Å²) in [6.07, 6.45) is 0.105. The second kappa shape index (κ2) is 18.8. The van der Waals surface area contributed by atoms with Crippen LogP contribution in [-0.2, 0) is 29.1 Å². The van der Waals surface area contributed by atoms with Crippen molar-refractivity contribution in [3.63, 3.8) is 0 Å². The molecule has 4 aliphatic rings. The van der Waals surface area contributed by atoms with E-state index in [1.807, 2.05) is 57.2 Å². The van der Waals surface area contributed by atoms with Crippen LogP contribution in [0.15, 0.2) is 72.9 Å². The van der Waals surface area contributed by atoms with E-state index < -0.39 is 85.9 Å². The number of hydrogen-bond donors (Lipinski definition) is 3. The van der Waals surface area contributed by atoms with Gasteiger partial charge in [-0.05, 0) is 121 Å². The monoisotopic (exact) mass is 952 g/mol. The first-order valence-electron chi connectivity index (χ1n) is 22.7. The maximum atomic E-state index is 15.0. The number of ether oxygens (including phenoxy) is 3. The summed E-state index contributed by atoms with van der Waals surface area (Å²) in [5.74, 6) is -2.79. The van der Waals surface area contributed by atoms with Crippen LogP contribution in [0, 0.1) is 17.8 Å². The number of aromatic nitrogens is 2. The Balaban J connectivity index is 1.25. The molecule has 0 spiro atoms. The average Bonchev–Trinajstić information content (AvgIpc) is 4.14. The van der Waals surface area contributed by atoms with Crippen LogP contribution in [0.4, 0.5) is 18.0 Å². The number of rotatable bonds is 11. The molecule has 0 bridgehead atoms. The smallest absolute Gasteiger partial charge is 0.427 e. The summed E-state index contributed by atoms with van der Waals surface area (Å²) >= 11 is 0. The lowest BCUT2D eigenvalue weighted by molar-refractivity contribution is -0.244. The van der Waals surface area contributed by atoms with Gasteiger partial charge in [-0.1, -0.05) is 32.1 Å². The van der Waals surface area contributed by atoms with Crippen molar-refractivity contribution >= 4 is 33.8 Å². The van der Waals surface area contributed by atoms with Gasteiger partial charge in [-0.25, -0.2) is 18.2 Å². The van der Waals surface area contributed by atoms with Gasteiger partial charge in [0.25, 0.3) is 5.91 Å². The van der Waals surface area contributed by atoms with E-state index in [-0.39, 0.29) is 31.4 Å². The van der Waals surface area contributed by atoms with Crippen LogP contribution >= 0.6 is 0 Å². The van der Waals surface area contributed by atoms with Gasteiger partial charge in [0, 0.05) is 36.2 Å². The molecule has 3 fully saturated rings. The van der Waals surface area contributed by atoms with Gasteiger partial charge >= 0.3 is 12.3 Å². The predicted molar refractivity (Wildman–Crippen MR) is 242 cm³/mol. The first kappa shape index (κ1) is 49.2. The van der Waals surface area contributed by atoms with Crippen LogP contribution in [0.3, 0.4) is 0 Å². The molecule has 7 rings (SSSR count). The summed E-state index contributed by atoms with van der Waals surface area (Å²) in [6, 6.07) is 13.2. The van der Waals surface area contributed by atoms with Gasteiger partial charge in [0.05, 0.1) is 34.5 Å². The zero-order valence-corrected chi connectivity index (χ0v) is 39.5. The highest BCUT2D eigenvalue weighted by Crippen LogP contribution is 2.48. The van der Waals surface area contributed by atoms with E-state index in [9.17, 15) is 36.0 Å². The van der Waals surface area contributed by atoms with Gasteiger partial charge in [-0.15, -0.1) is 0 Å². The number of sulfonamides is 1. The molecule has 2 aromatic heterocycles. The van der Waals surface area contributed by atoms with Crippen molar-refractivity contribution in [2.24, 2.45) is 17.8 Å². The van der Waals surface area contributed by atoms with Crippen molar-refractivity contribution in [3.05, 3.63) is 72.9 Å². The maximum absolute atomic E-state index is 15.0. The van der Waals surface area contributed by atoms with Gasteiger partial charge < -0.3 is 29.7 Å². The van der Waals surface area contributed by atoms with Crippen molar-refractivity contribution < 1.29 is 55.0 Å². The Labute approximate surface area is 389 Å². The number of alkyl halides is 3. The molecular formula is C48H59F3N6O9S. The van der Waals surface area contributed by atoms with Crippen LogP contribution in [0.2, 0.25) is 0 Å². The summed E-state index contributed by atoms with van der Waals surface area (Å²) < 4.78 is 86.7. The van der Waals surface area contributed by atoms with Crippen LogP contribution < -0.4 is 24.8 Å². The molecule has 1 saturated heterocycles. The number of pyridine rings is 2. The van der Waals surface area contributed by atoms with Crippen molar-refractivity contribution in [1.82, 2.24) is 30.2 Å². The number of allylic oxidation sites excluding steroid dienone is 1. The number of carbonyl (C=O) groups excluding carboxylic acids is 4. The molecule has 19 heteroatoms. The quantitative estimate of drug-likeness (QED) is 0.164. The van der Waals surface area contributed by atoms with E-state index in [2.05, 4.69) is 20.3 Å². The summed E-state index contributed by atoms with van der Waals surface area (Å²) in [4.78, 5) is 67.7. The molecule has 2 saturated carbocycles. The number of alkyl carbamates (subject to hydrolysis) is 1. The van der Waals surface area contributed by atoms with E-state index in [0.29, 0.717) is 74.5 Å². The molecule has 3 aromatic rings. The molecule has 15 nitrogen and oxygen atoms in total. The van der Waals surface area contributed by atoms with Crippen LogP contribution in [0.1, 0.15) is 93.4 Å². The van der Waals surface area contributed by atoms with Gasteiger partial charge in [-0.3, -0.25) is 24.1 Å². The van der Waals surface area contributed by atoms with E-state index in [4.69, 9.17) is 19.2 Å². The van der Waals surface area contributed by atoms with Crippen molar-refractivity contribution in [3.8, 4) is 34.1 Å². The standard InChI is InChI=1S/C48H59F3N6O9S/c1-28(2)64-33-17-15-31(16-18-33)37-23-34(24-38(53-37)36-14-10-11-21-52-36)65-35-25-39-41(58)55-47(43(60)56-67(62,63)46(7)19-20-46)26-32(47)13-9-8-12-29(3)22-30(4)40(42(59)57(39)27-35)54-44(61)66-45(5,6)48(49,50)51/h9-11,13-18,21,23-24,28-30,32,35,39-40H,8,12,19-20,22,25-27H2,1-7H3,(H,54,61)(H,55,58)(H,56,60)/b13-9-/t29-,30-,32?,35-,39+,40+,47-/m1/s1. The van der Waals surface area contributed by atoms with E-state index in [0.717, 1.165) is 5.56 Å². The first-order chi connectivity index (χ1) is 31.4. The molecule has 2 aliphatic carbocycles. The zero-order chi connectivity index (χ0) is 48.7. The first-order valence-corrected chi connectivity index (χ1v) is 24.2. The number of nitrogens with one attached hydrogen (secondary N) is 3. The van der Waals surface area contributed by atoms with Crippen molar-refractivity contribution in [2.45, 2.75) is 140 Å². The van der Waals surface area contributed by atoms with Gasteiger partial charge in [-0.2, -0.15) is 13.2 Å². The Kier molecular flexibility index (Phi) is 13.8. The molecule has 3 N–H and O–H groups in total. The summed E-state index contributed by atoms with van der Waals surface area (Å²) in [5.41, 5.74) is -2.34. The number of amides is 4. The number of hydrogen-bond acceptors (Lipinski definition) is 11. The van der Waals surface area contributed by atoms with Gasteiger partial charge in [0.2, 0.25) is 27.4 Å². The van der Waals surface area contributed by atoms with E-state index >= 15 is 4.79 Å². The molecule has 1 aromatic carbocycles. The summed E-state index contributed by atoms with van der Waals surface area (Å²) in [7, 11) is -4.11. The average molecular weight is 953 g/mol. The molecule has 0 radical (unpaired) electrons. The lowest BCUT2D eigenvalue weighted by Crippen LogP contribution is -2.59. The molecular weight excluding hydrogens is 894 g/mol. The minimum atomic E-state index is -4.93. The van der Waals surface area contributed by atoms with Crippen LogP contribution in [0.5, 0.6) is 11.5 Å². The normalized spacial score (nSPS) is 27.0. The Bertz CT molecular complexity index is 2480. The van der Waals surface area contributed by atoms with E-state index in [1.54, 1.807) is 43.5 Å². The fourth-order valence-electron chi connectivity index (χ4n) is 8.58. The van der Waals surface area contributed by atoms with E-state index in [1.165, 1.54) is 11.8 Å². The number of halogens is 3. The third-order valence-corrected chi connectivity index (χ3v) is 15.3. The highest BCUT2D eigenvalue weighted by Gasteiger charge is 2.63. The highest BCUT2D eigenvalue weighted by molar-refractivity contribution is 7.91. The van der Waals surface area contributed by atoms with Crippen LogP contribution in [0.25, 0.3) is 22.6 Å². The topological polar surface area (TPSA) is 195 Å². The van der Waals surface area contributed by atoms with Crippen molar-refractivity contribution in [2.75, 3.05) is 6.54 Å². The minimum absolute atomic E-state index is 0.0449. The number of fused-ring (bicyclic) bond motifs is 2. The SMILES string of the molecule is CC(C)Oc1ccc(-c2cc(O[C@@H]3C[C@H]4C(=O)N[C@]5(C(=O)NS(=O)(=O)C6(C)CC6)CC5/C=C\CC[C@@H](C)C[C@@H](C)[C@H](NC(=O)OC(C)(C)C(F)(F)F)C(=O)N4C3)cc(-c3ccccn3)n2)cc1. The van der Waals surface area contributed by atoms with Crippen molar-refractivity contribution in [1.29, 1.82) is 0 Å². The lowest BCUT2D eigenvalue weighted by Gasteiger charge is -2.34. The number of benzene rings is 1. The molecule has 4 heterocycles. The lowest BCUT2D eigenvalue weighted by atomic mass is 9.88. The van der Waals surface area contributed by atoms with Gasteiger partial charge in [0.15, 0.2) is 0 Å². The Morgan fingerprint density at radius 2 is 1.67 bits per heavy atom. The fourth-order valence-corrected chi connectivity index (χ4v) is 9.89. The molecule has 1 unspecified atom stereocenters. The second-order valence-electron chi connectivity index (χ2n) is 19.5. The Morgan fingerprint density at radius 3 is 2.31 bits per heavy atom. The minimum Gasteiger partial charge on any atom is -0.491 e. The molecule has 4 amide bonds. The molecule has 7 atom stereocenters. The van der Waals surface area contributed by atoms with Gasteiger partial charge in [0.1, 0.15) is 35.2 Å². The Hall–Kier alpha value is -5.72. The Morgan fingerprint density at radius 1 is 0.970 bits per heavy atom. The highest BCUT2D eigenvalue weighted by atomic mass is 32.2. The molecule has 362 valence electrons. The predicted octanol–water partition coefficient (Wildman–Crippen LogP) is 7.27. The second-order valence-corrected chi connectivity index (χ2v) is 21.7. The number of carbonyl (C=O) groups is 4. The van der Waals surface area contributed by atoms with Crippen LogP contribution in [-0.4, -0.2) is 100 Å². The summed E-state index contributed by atoms with van der Waals surface area (Å²) in [6.45, 7) is 10.2. The fraction of sp³-hybridized carbons (Fsp3) is 0.542. The molecule has 2 aliphatic heterocycles. The molecule has 67 heavy (non-hydrogen) atoms. The largest absolute Gasteiger partial charge is 0.491 e. The number of nitrogens with zero attached hydrogens (tertiary/aromatic N) is 3.